The van der Waals surface area contributed by atoms with Gasteiger partial charge in [-0.15, -0.1) is 0 Å². The van der Waals surface area contributed by atoms with Gasteiger partial charge in [-0.2, -0.15) is 0 Å². The molecule has 0 fully saturated rings. The zero-order chi connectivity index (χ0) is 41.5. The first kappa shape index (κ1) is 35.5. The summed E-state index contributed by atoms with van der Waals surface area (Å²) in [6, 6.07) is 89.9. The van der Waals surface area contributed by atoms with Crippen molar-refractivity contribution in [1.29, 1.82) is 0 Å². The first-order valence-electron chi connectivity index (χ1n) is 21.9. The van der Waals surface area contributed by atoms with Crippen LogP contribution in [0, 0.1) is 0 Å². The van der Waals surface area contributed by atoms with Gasteiger partial charge < -0.3 is 9.80 Å². The van der Waals surface area contributed by atoms with E-state index >= 15 is 0 Å². The van der Waals surface area contributed by atoms with Crippen LogP contribution in [0.5, 0.6) is 0 Å². The van der Waals surface area contributed by atoms with E-state index in [0.717, 1.165) is 34.1 Å². The van der Waals surface area contributed by atoms with Crippen molar-refractivity contribution in [2.75, 3.05) is 9.80 Å². The Labute approximate surface area is 368 Å². The predicted molar refractivity (Wildman–Crippen MR) is 262 cm³/mol. The third-order valence-electron chi connectivity index (χ3n) is 13.6. The summed E-state index contributed by atoms with van der Waals surface area (Å²) in [5, 5.41) is 0. The summed E-state index contributed by atoms with van der Waals surface area (Å²) in [6.07, 6.45) is 0. The molecule has 1 heterocycles. The number of benzene rings is 10. The highest BCUT2D eigenvalue weighted by atomic mass is 15.2. The average Bonchev–Trinajstić information content (AvgIpc) is 3.51. The van der Waals surface area contributed by atoms with Crippen LogP contribution >= 0.6 is 0 Å². The van der Waals surface area contributed by atoms with Crippen LogP contribution in [-0.2, 0) is 5.41 Å². The van der Waals surface area contributed by atoms with Crippen molar-refractivity contribution in [3.8, 4) is 55.6 Å². The summed E-state index contributed by atoms with van der Waals surface area (Å²) in [5.74, 6) is 0. The maximum Gasteiger partial charge on any atom is 0.0781 e. The normalized spacial score (nSPS) is 13.2. The highest BCUT2D eigenvalue weighted by molar-refractivity contribution is 6.08. The quantitative estimate of drug-likeness (QED) is 0.175. The van der Waals surface area contributed by atoms with Crippen molar-refractivity contribution in [2.45, 2.75) is 5.41 Å². The van der Waals surface area contributed by atoms with E-state index in [-0.39, 0.29) is 0 Å². The first-order valence-corrected chi connectivity index (χ1v) is 21.9. The minimum Gasteiger partial charge on any atom is -0.308 e. The van der Waals surface area contributed by atoms with Gasteiger partial charge in [0.05, 0.1) is 22.5 Å². The van der Waals surface area contributed by atoms with Crippen molar-refractivity contribution in [1.82, 2.24) is 0 Å². The van der Waals surface area contributed by atoms with Crippen molar-refractivity contribution in [3.05, 3.63) is 265 Å². The lowest BCUT2D eigenvalue weighted by molar-refractivity contribution is 0.775. The Kier molecular flexibility index (Phi) is 7.85. The molecule has 3 aliphatic rings. The number of hydrogen-bond donors (Lipinski definition) is 0. The van der Waals surface area contributed by atoms with E-state index in [1.54, 1.807) is 0 Å². The van der Waals surface area contributed by atoms with Crippen LogP contribution in [0.2, 0.25) is 0 Å². The highest BCUT2D eigenvalue weighted by Crippen LogP contribution is 2.63. The Morgan fingerprint density at radius 3 is 1.32 bits per heavy atom. The fourth-order valence-corrected chi connectivity index (χ4v) is 11.2. The number of rotatable bonds is 4. The molecule has 10 aromatic carbocycles. The second-order valence-electron chi connectivity index (χ2n) is 16.7. The molecule has 0 radical (unpaired) electrons. The second-order valence-corrected chi connectivity index (χ2v) is 16.7. The largest absolute Gasteiger partial charge is 0.308 e. The minimum atomic E-state index is -0.546. The molecule has 63 heavy (non-hydrogen) atoms. The monoisotopic (exact) mass is 800 g/mol. The second kappa shape index (κ2) is 13.9. The molecule has 13 rings (SSSR count). The Morgan fingerprint density at radius 1 is 0.286 bits per heavy atom. The Hall–Kier alpha value is -8.20. The minimum absolute atomic E-state index is 0.546. The van der Waals surface area contributed by atoms with E-state index in [9.17, 15) is 0 Å². The molecule has 0 atom stereocenters. The molecule has 0 amide bonds. The van der Waals surface area contributed by atoms with Gasteiger partial charge in [0.1, 0.15) is 0 Å². The van der Waals surface area contributed by atoms with Gasteiger partial charge >= 0.3 is 0 Å². The molecule has 0 unspecified atom stereocenters. The molecule has 1 spiro atoms. The SMILES string of the molecule is c1ccc(N(c2ccc3c(c2)-c2ccccc2C32c3ccccc3-c3ccccc3-c3ccccc32)c2cccc3c2N(c2ccccc2)c2ccccc2-c2ccccc2-3)cc1. The molecule has 2 nitrogen and oxygen atoms in total. The zero-order valence-corrected chi connectivity index (χ0v) is 34.5. The van der Waals surface area contributed by atoms with Crippen LogP contribution < -0.4 is 9.80 Å². The lowest BCUT2D eigenvalue weighted by Crippen LogP contribution is -2.29. The molecule has 0 N–H and O–H groups in total. The standard InChI is InChI=1S/C61H40N2/c1-3-20-41(21-4-1)62(59-37-19-32-52-47-27-10-9-26-46(47)51-31-14-18-36-58(51)63(60(52)59)42-22-5-2-6-23-42)43-38-39-57-53(40-43)50-30-13-17-35-56(50)61(57)54-33-15-11-28-48(54)44-24-7-8-25-45(44)49-29-12-16-34-55(49)61/h1-40H. The van der Waals surface area contributed by atoms with E-state index < -0.39 is 5.41 Å². The van der Waals surface area contributed by atoms with Gasteiger partial charge in [0.2, 0.25) is 0 Å². The molecule has 10 aromatic rings. The lowest BCUT2D eigenvalue weighted by atomic mass is 9.66. The molecule has 0 bridgehead atoms. The number of anilines is 6. The molecular weight excluding hydrogens is 761 g/mol. The van der Waals surface area contributed by atoms with Gasteiger partial charge in [0.25, 0.3) is 0 Å². The van der Waals surface area contributed by atoms with Crippen molar-refractivity contribution < 1.29 is 0 Å². The van der Waals surface area contributed by atoms with Gasteiger partial charge in [-0.1, -0.05) is 194 Å². The molecular formula is C61H40N2. The number of para-hydroxylation sites is 4. The third kappa shape index (κ3) is 5.07. The number of nitrogens with zero attached hydrogens (tertiary/aromatic N) is 2. The number of fused-ring (bicyclic) bond motifs is 17. The fraction of sp³-hybridized carbons (Fsp3) is 0.0164. The van der Waals surface area contributed by atoms with E-state index in [0.29, 0.717) is 0 Å². The van der Waals surface area contributed by atoms with Gasteiger partial charge in [0.15, 0.2) is 0 Å². The topological polar surface area (TPSA) is 6.48 Å². The van der Waals surface area contributed by atoms with Crippen molar-refractivity contribution >= 4 is 34.1 Å². The van der Waals surface area contributed by atoms with Crippen LogP contribution in [0.25, 0.3) is 55.6 Å². The summed E-state index contributed by atoms with van der Waals surface area (Å²) >= 11 is 0. The van der Waals surface area contributed by atoms with Gasteiger partial charge in [-0.3, -0.25) is 0 Å². The summed E-state index contributed by atoms with van der Waals surface area (Å²) in [6.45, 7) is 0. The van der Waals surface area contributed by atoms with Crippen molar-refractivity contribution in [2.24, 2.45) is 0 Å². The van der Waals surface area contributed by atoms with Gasteiger partial charge in [0, 0.05) is 28.2 Å². The van der Waals surface area contributed by atoms with Crippen molar-refractivity contribution in [3.63, 3.8) is 0 Å². The Morgan fingerprint density at radius 2 is 0.714 bits per heavy atom. The predicted octanol–water partition coefficient (Wildman–Crippen LogP) is 16.3. The average molecular weight is 801 g/mol. The van der Waals surface area contributed by atoms with Crippen LogP contribution in [0.15, 0.2) is 243 Å². The summed E-state index contributed by atoms with van der Waals surface area (Å²) in [7, 11) is 0. The Balaban J connectivity index is 1.11. The van der Waals surface area contributed by atoms with Crippen LogP contribution in [0.3, 0.4) is 0 Å². The molecule has 0 aromatic heterocycles. The maximum atomic E-state index is 2.48. The maximum absolute atomic E-state index is 2.48. The highest BCUT2D eigenvalue weighted by Gasteiger charge is 2.49. The zero-order valence-electron chi connectivity index (χ0n) is 34.5. The van der Waals surface area contributed by atoms with Crippen LogP contribution in [-0.4, -0.2) is 0 Å². The lowest BCUT2D eigenvalue weighted by Gasteiger charge is -2.36. The molecule has 0 saturated carbocycles. The fourth-order valence-electron chi connectivity index (χ4n) is 11.2. The number of hydrogen-bond acceptors (Lipinski definition) is 2. The van der Waals surface area contributed by atoms with Gasteiger partial charge in [-0.25, -0.2) is 0 Å². The van der Waals surface area contributed by atoms with E-state index in [2.05, 4.69) is 252 Å². The molecule has 294 valence electrons. The van der Waals surface area contributed by atoms with E-state index in [1.807, 2.05) is 0 Å². The van der Waals surface area contributed by atoms with Crippen LogP contribution in [0.1, 0.15) is 22.3 Å². The van der Waals surface area contributed by atoms with E-state index in [4.69, 9.17) is 0 Å². The molecule has 2 heteroatoms. The summed E-state index contributed by atoms with van der Waals surface area (Å²) in [5.41, 5.74) is 23.8. The Bertz CT molecular complexity index is 3350. The van der Waals surface area contributed by atoms with Gasteiger partial charge in [-0.05, 0) is 115 Å². The molecule has 2 aliphatic carbocycles. The summed E-state index contributed by atoms with van der Waals surface area (Å²) in [4.78, 5) is 4.95. The summed E-state index contributed by atoms with van der Waals surface area (Å²) < 4.78 is 0. The smallest absolute Gasteiger partial charge is 0.0781 e. The third-order valence-corrected chi connectivity index (χ3v) is 13.6. The van der Waals surface area contributed by atoms with Crippen LogP contribution in [0.4, 0.5) is 34.1 Å². The van der Waals surface area contributed by atoms with E-state index in [1.165, 1.54) is 77.9 Å². The molecule has 0 saturated heterocycles. The first-order chi connectivity index (χ1) is 31.3. The molecule has 1 aliphatic heterocycles.